The van der Waals surface area contributed by atoms with Crippen LogP contribution >= 0.6 is 11.6 Å². The third-order valence-electron chi connectivity index (χ3n) is 4.97. The fraction of sp³-hybridized carbons (Fsp3) is 0.300. The van der Waals surface area contributed by atoms with Crippen LogP contribution in [0.1, 0.15) is 34.9 Å². The smallest absolute Gasteiger partial charge is 0.321 e. The quantitative estimate of drug-likeness (QED) is 0.725. The molecule has 0 radical (unpaired) electrons. The van der Waals surface area contributed by atoms with Crippen molar-refractivity contribution in [3.63, 3.8) is 0 Å². The van der Waals surface area contributed by atoms with E-state index in [-0.39, 0.29) is 23.2 Å². The number of nitrogens with one attached hydrogen (secondary N) is 1. The van der Waals surface area contributed by atoms with E-state index in [4.69, 9.17) is 17.3 Å². The molecule has 8 heteroatoms. The summed E-state index contributed by atoms with van der Waals surface area (Å²) in [5.41, 5.74) is 5.89. The van der Waals surface area contributed by atoms with Gasteiger partial charge in [-0.2, -0.15) is 0 Å². The van der Waals surface area contributed by atoms with Crippen molar-refractivity contribution in [3.05, 3.63) is 64.4 Å². The Bertz CT molecular complexity index is 867. The molecule has 1 aliphatic rings. The van der Waals surface area contributed by atoms with Gasteiger partial charge in [-0.1, -0.05) is 23.7 Å². The molecule has 2 aromatic rings. The zero-order chi connectivity index (χ0) is 20.3. The number of halogens is 2. The molecule has 2 aromatic carbocycles. The Morgan fingerprint density at radius 2 is 1.82 bits per heavy atom. The number of piperidine rings is 1. The van der Waals surface area contributed by atoms with Crippen LogP contribution in [-0.4, -0.2) is 35.0 Å². The molecule has 3 amide bonds. The molecule has 0 bridgehead atoms. The molecule has 3 rings (SSSR count). The van der Waals surface area contributed by atoms with Crippen molar-refractivity contribution in [3.8, 4) is 0 Å². The van der Waals surface area contributed by atoms with Gasteiger partial charge in [0.05, 0.1) is 11.7 Å². The number of carbonyl (C=O) groups is 2. The summed E-state index contributed by atoms with van der Waals surface area (Å²) in [6.07, 6.45) is 0.677. The zero-order valence-corrected chi connectivity index (χ0v) is 15.8. The highest BCUT2D eigenvalue weighted by atomic mass is 35.5. The van der Waals surface area contributed by atoms with Gasteiger partial charge in [0.1, 0.15) is 5.82 Å². The molecule has 6 nitrogen and oxygen atoms in total. The van der Waals surface area contributed by atoms with Gasteiger partial charge in [0.2, 0.25) is 0 Å². The van der Waals surface area contributed by atoms with Crippen LogP contribution < -0.4 is 11.1 Å². The highest BCUT2D eigenvalue weighted by Gasteiger charge is 2.28. The van der Waals surface area contributed by atoms with Gasteiger partial charge in [0.25, 0.3) is 5.91 Å². The number of aliphatic hydroxyl groups is 1. The molecule has 0 aromatic heterocycles. The second-order valence-electron chi connectivity index (χ2n) is 6.81. The summed E-state index contributed by atoms with van der Waals surface area (Å²) in [6.45, 7) is 0.950. The highest BCUT2D eigenvalue weighted by Crippen LogP contribution is 2.31. The molecule has 28 heavy (non-hydrogen) atoms. The minimum Gasteiger partial charge on any atom is -0.388 e. The minimum atomic E-state index is -0.864. The maximum absolute atomic E-state index is 13.8. The lowest BCUT2D eigenvalue weighted by atomic mass is 9.87. The van der Waals surface area contributed by atoms with E-state index >= 15 is 0 Å². The van der Waals surface area contributed by atoms with Crippen LogP contribution in [0.3, 0.4) is 0 Å². The summed E-state index contributed by atoms with van der Waals surface area (Å²) in [6, 6.07) is 10.5. The number of hydrogen-bond donors (Lipinski definition) is 3. The molecule has 4 N–H and O–H groups in total. The van der Waals surface area contributed by atoms with Crippen LogP contribution in [0.2, 0.25) is 5.02 Å². The Hall–Kier alpha value is -2.64. The molecule has 1 fully saturated rings. The number of anilines is 1. The van der Waals surface area contributed by atoms with E-state index < -0.39 is 17.8 Å². The van der Waals surface area contributed by atoms with Crippen molar-refractivity contribution < 1.29 is 19.1 Å². The number of carbonyl (C=O) groups excluding carboxylic acids is 2. The van der Waals surface area contributed by atoms with Gasteiger partial charge in [-0.05, 0) is 54.7 Å². The number of primary amides is 1. The summed E-state index contributed by atoms with van der Waals surface area (Å²) in [5.74, 6) is -1.61. The van der Waals surface area contributed by atoms with E-state index in [0.717, 1.165) is 11.6 Å². The van der Waals surface area contributed by atoms with Crippen LogP contribution in [0, 0.1) is 11.7 Å². The van der Waals surface area contributed by atoms with E-state index in [1.54, 1.807) is 29.2 Å². The van der Waals surface area contributed by atoms with Gasteiger partial charge in [-0.15, -0.1) is 0 Å². The molecule has 1 unspecified atom stereocenters. The second kappa shape index (κ2) is 8.58. The molecule has 1 saturated heterocycles. The number of amides is 3. The summed E-state index contributed by atoms with van der Waals surface area (Å²) in [4.78, 5) is 25.1. The Morgan fingerprint density at radius 3 is 2.39 bits per heavy atom. The van der Waals surface area contributed by atoms with Crippen molar-refractivity contribution >= 4 is 29.2 Å². The number of rotatable bonds is 4. The van der Waals surface area contributed by atoms with E-state index in [1.165, 1.54) is 12.1 Å². The number of likely N-dealkylation sites (tertiary alicyclic amines) is 1. The van der Waals surface area contributed by atoms with Gasteiger partial charge in [0.15, 0.2) is 0 Å². The first-order chi connectivity index (χ1) is 13.3. The van der Waals surface area contributed by atoms with Crippen LogP contribution in [0.15, 0.2) is 42.5 Å². The molecule has 1 heterocycles. The van der Waals surface area contributed by atoms with Crippen molar-refractivity contribution in [2.24, 2.45) is 11.7 Å². The third-order valence-corrected chi connectivity index (χ3v) is 5.22. The maximum Gasteiger partial charge on any atom is 0.321 e. The number of aliphatic hydroxyl groups excluding tert-OH is 1. The molecule has 1 atom stereocenters. The summed E-state index contributed by atoms with van der Waals surface area (Å²) < 4.78 is 13.8. The van der Waals surface area contributed by atoms with Crippen molar-refractivity contribution in [1.82, 2.24) is 4.90 Å². The monoisotopic (exact) mass is 405 g/mol. The first-order valence-electron chi connectivity index (χ1n) is 8.94. The Balaban J connectivity index is 1.55. The lowest BCUT2D eigenvalue weighted by Gasteiger charge is -2.34. The Morgan fingerprint density at radius 1 is 1.18 bits per heavy atom. The Kier molecular flexibility index (Phi) is 6.16. The lowest BCUT2D eigenvalue weighted by Crippen LogP contribution is -2.42. The van der Waals surface area contributed by atoms with Gasteiger partial charge < -0.3 is 21.1 Å². The SMILES string of the molecule is NC(=O)c1ccc(NC(=O)N2CCC(C(O)c3ccc(Cl)cc3)CC2)cc1F. The molecule has 0 spiro atoms. The van der Waals surface area contributed by atoms with Crippen LogP contribution in [0.5, 0.6) is 0 Å². The van der Waals surface area contributed by atoms with Crippen molar-refractivity contribution in [2.45, 2.75) is 18.9 Å². The number of nitrogens with two attached hydrogens (primary N) is 1. The van der Waals surface area contributed by atoms with E-state index in [1.807, 2.05) is 0 Å². The van der Waals surface area contributed by atoms with Gasteiger partial charge in [0, 0.05) is 23.8 Å². The normalized spacial score (nSPS) is 15.9. The lowest BCUT2D eigenvalue weighted by molar-refractivity contribution is 0.0683. The predicted molar refractivity (Wildman–Crippen MR) is 105 cm³/mol. The summed E-state index contributed by atoms with van der Waals surface area (Å²) >= 11 is 5.88. The van der Waals surface area contributed by atoms with Gasteiger partial charge in [-0.25, -0.2) is 9.18 Å². The molecule has 1 aliphatic heterocycles. The van der Waals surface area contributed by atoms with Crippen LogP contribution in [-0.2, 0) is 0 Å². The van der Waals surface area contributed by atoms with E-state index in [0.29, 0.717) is 31.0 Å². The zero-order valence-electron chi connectivity index (χ0n) is 15.1. The predicted octanol–water partition coefficient (Wildman–Crippen LogP) is 3.56. The average Bonchev–Trinajstić information content (AvgIpc) is 2.68. The molecule has 148 valence electrons. The standard InChI is InChI=1S/C20H21ClFN3O3/c21-14-3-1-12(2-4-14)18(26)13-7-9-25(10-8-13)20(28)24-15-5-6-16(19(23)27)17(22)11-15/h1-6,11,13,18,26H,7-10H2,(H2,23,27)(H,24,28). The minimum absolute atomic E-state index is 0.0394. The summed E-state index contributed by atoms with van der Waals surface area (Å²) in [5, 5.41) is 13.8. The van der Waals surface area contributed by atoms with Crippen LogP contribution in [0.25, 0.3) is 0 Å². The van der Waals surface area contributed by atoms with Crippen LogP contribution in [0.4, 0.5) is 14.9 Å². The maximum atomic E-state index is 13.8. The second-order valence-corrected chi connectivity index (χ2v) is 7.25. The fourth-order valence-electron chi connectivity index (χ4n) is 3.35. The molecular formula is C20H21ClFN3O3. The van der Waals surface area contributed by atoms with Gasteiger partial charge >= 0.3 is 6.03 Å². The third kappa shape index (κ3) is 4.61. The topological polar surface area (TPSA) is 95.7 Å². The average molecular weight is 406 g/mol. The number of nitrogens with zero attached hydrogens (tertiary/aromatic N) is 1. The Labute approximate surface area is 167 Å². The number of hydrogen-bond acceptors (Lipinski definition) is 3. The molecule has 0 aliphatic carbocycles. The summed E-state index contributed by atoms with van der Waals surface area (Å²) in [7, 11) is 0. The molecular weight excluding hydrogens is 385 g/mol. The van der Waals surface area contributed by atoms with Crippen molar-refractivity contribution in [2.75, 3.05) is 18.4 Å². The largest absolute Gasteiger partial charge is 0.388 e. The first kappa shape index (κ1) is 20.1. The van der Waals surface area contributed by atoms with Crippen molar-refractivity contribution in [1.29, 1.82) is 0 Å². The first-order valence-corrected chi connectivity index (χ1v) is 9.32. The fourth-order valence-corrected chi connectivity index (χ4v) is 3.47. The van der Waals surface area contributed by atoms with Gasteiger partial charge in [-0.3, -0.25) is 4.79 Å². The van der Waals surface area contributed by atoms with E-state index in [2.05, 4.69) is 5.32 Å². The number of benzene rings is 2. The highest BCUT2D eigenvalue weighted by molar-refractivity contribution is 6.30. The molecule has 0 saturated carbocycles. The van der Waals surface area contributed by atoms with E-state index in [9.17, 15) is 19.1 Å². The number of urea groups is 1.